The van der Waals surface area contributed by atoms with E-state index in [1.54, 1.807) is 12.4 Å². The van der Waals surface area contributed by atoms with Gasteiger partial charge in [-0.2, -0.15) is 0 Å². The molecule has 0 aliphatic rings. The van der Waals surface area contributed by atoms with E-state index in [-0.39, 0.29) is 6.61 Å². The van der Waals surface area contributed by atoms with E-state index in [0.717, 1.165) is 21.4 Å². The standard InChI is InChI=1S/C17H19N5OS/c1-10-4-11(2)6-13(5-10)20-16-18-7-14(8-19-16)21-17-22-15(9-23)12(3)24-17/h4-8,23H,9H2,1-3H3,(H,21,22)(H,18,19,20). The van der Waals surface area contributed by atoms with Crippen molar-refractivity contribution >= 4 is 33.8 Å². The number of hydrogen-bond donors (Lipinski definition) is 3. The Morgan fingerprint density at radius 3 is 2.21 bits per heavy atom. The molecule has 3 aromatic rings. The van der Waals surface area contributed by atoms with Crippen molar-refractivity contribution in [2.75, 3.05) is 10.6 Å². The van der Waals surface area contributed by atoms with Crippen molar-refractivity contribution in [2.24, 2.45) is 0 Å². The molecule has 0 fully saturated rings. The first-order valence-corrected chi connectivity index (χ1v) is 8.36. The molecule has 0 radical (unpaired) electrons. The van der Waals surface area contributed by atoms with Gasteiger partial charge in [-0.1, -0.05) is 6.07 Å². The maximum absolute atomic E-state index is 9.20. The first kappa shape index (κ1) is 16.4. The molecule has 2 heterocycles. The van der Waals surface area contributed by atoms with Crippen LogP contribution in [0.2, 0.25) is 0 Å². The SMILES string of the molecule is Cc1cc(C)cc(Nc2ncc(Nc3nc(CO)c(C)s3)cn2)c1. The van der Waals surface area contributed by atoms with E-state index in [1.807, 2.05) is 6.92 Å². The minimum Gasteiger partial charge on any atom is -0.390 e. The normalized spacial score (nSPS) is 10.7. The van der Waals surface area contributed by atoms with Crippen LogP contribution in [0, 0.1) is 20.8 Å². The first-order chi connectivity index (χ1) is 11.5. The molecule has 0 aliphatic heterocycles. The van der Waals surface area contributed by atoms with Crippen LogP contribution in [0.25, 0.3) is 0 Å². The zero-order valence-corrected chi connectivity index (χ0v) is 14.6. The number of hydrogen-bond acceptors (Lipinski definition) is 7. The highest BCUT2D eigenvalue weighted by Crippen LogP contribution is 2.25. The molecule has 24 heavy (non-hydrogen) atoms. The lowest BCUT2D eigenvalue weighted by Crippen LogP contribution is -1.99. The Bertz CT molecular complexity index is 824. The van der Waals surface area contributed by atoms with Crippen LogP contribution >= 0.6 is 11.3 Å². The zero-order chi connectivity index (χ0) is 17.1. The van der Waals surface area contributed by atoms with E-state index in [0.29, 0.717) is 11.6 Å². The summed E-state index contributed by atoms with van der Waals surface area (Å²) in [5.74, 6) is 0.539. The van der Waals surface area contributed by atoms with Crippen LogP contribution in [0.15, 0.2) is 30.6 Å². The number of aliphatic hydroxyl groups is 1. The number of thiazole rings is 1. The third-order valence-corrected chi connectivity index (χ3v) is 4.35. The largest absolute Gasteiger partial charge is 0.390 e. The molecule has 0 amide bonds. The van der Waals surface area contributed by atoms with Gasteiger partial charge in [-0.3, -0.25) is 0 Å². The molecule has 0 atom stereocenters. The average molecular weight is 341 g/mol. The molecule has 0 saturated carbocycles. The van der Waals surface area contributed by atoms with Crippen molar-refractivity contribution < 1.29 is 5.11 Å². The third-order valence-electron chi connectivity index (χ3n) is 3.42. The number of aromatic nitrogens is 3. The second-order valence-electron chi connectivity index (χ2n) is 5.60. The average Bonchev–Trinajstić information content (AvgIpc) is 2.88. The molecule has 0 saturated heterocycles. The highest BCUT2D eigenvalue weighted by molar-refractivity contribution is 7.15. The van der Waals surface area contributed by atoms with E-state index in [9.17, 15) is 5.11 Å². The van der Waals surface area contributed by atoms with Crippen LogP contribution in [0.4, 0.5) is 22.5 Å². The van der Waals surface area contributed by atoms with Crippen LogP contribution < -0.4 is 10.6 Å². The molecule has 0 spiro atoms. The summed E-state index contributed by atoms with van der Waals surface area (Å²) in [7, 11) is 0. The van der Waals surface area contributed by atoms with Gasteiger partial charge < -0.3 is 15.7 Å². The van der Waals surface area contributed by atoms with Gasteiger partial charge in [0.15, 0.2) is 5.13 Å². The summed E-state index contributed by atoms with van der Waals surface area (Å²) in [6, 6.07) is 6.23. The molecule has 0 bridgehead atoms. The van der Waals surface area contributed by atoms with Crippen molar-refractivity contribution in [3.8, 4) is 0 Å². The topological polar surface area (TPSA) is 83.0 Å². The van der Waals surface area contributed by atoms with Gasteiger partial charge in [0.25, 0.3) is 0 Å². The van der Waals surface area contributed by atoms with Crippen molar-refractivity contribution in [1.29, 1.82) is 0 Å². The van der Waals surface area contributed by atoms with Crippen molar-refractivity contribution in [3.63, 3.8) is 0 Å². The summed E-state index contributed by atoms with van der Waals surface area (Å²) in [5.41, 5.74) is 4.79. The fraction of sp³-hybridized carbons (Fsp3) is 0.235. The van der Waals surface area contributed by atoms with Gasteiger partial charge in [-0.15, -0.1) is 11.3 Å². The molecular formula is C17H19N5OS. The van der Waals surface area contributed by atoms with Crippen LogP contribution in [0.5, 0.6) is 0 Å². The van der Waals surface area contributed by atoms with Crippen molar-refractivity contribution in [3.05, 3.63) is 52.3 Å². The van der Waals surface area contributed by atoms with E-state index in [4.69, 9.17) is 0 Å². The van der Waals surface area contributed by atoms with Crippen LogP contribution in [-0.2, 0) is 6.61 Å². The van der Waals surface area contributed by atoms with Gasteiger partial charge in [0, 0.05) is 10.6 Å². The number of aryl methyl sites for hydroxylation is 3. The Balaban J connectivity index is 1.70. The minimum absolute atomic E-state index is 0.0563. The first-order valence-electron chi connectivity index (χ1n) is 7.55. The highest BCUT2D eigenvalue weighted by Gasteiger charge is 2.07. The molecule has 7 heteroatoms. The van der Waals surface area contributed by atoms with Gasteiger partial charge >= 0.3 is 0 Å². The second-order valence-corrected chi connectivity index (χ2v) is 6.80. The second kappa shape index (κ2) is 6.94. The van der Waals surface area contributed by atoms with E-state index >= 15 is 0 Å². The molecule has 124 valence electrons. The quantitative estimate of drug-likeness (QED) is 0.654. The van der Waals surface area contributed by atoms with Crippen LogP contribution in [-0.4, -0.2) is 20.1 Å². The summed E-state index contributed by atoms with van der Waals surface area (Å²) in [4.78, 5) is 14.0. The smallest absolute Gasteiger partial charge is 0.227 e. The van der Waals surface area contributed by atoms with Crippen molar-refractivity contribution in [2.45, 2.75) is 27.4 Å². The van der Waals surface area contributed by atoms with E-state index in [1.165, 1.54) is 22.5 Å². The number of nitrogens with zero attached hydrogens (tertiary/aromatic N) is 3. The predicted molar refractivity (Wildman–Crippen MR) is 97.3 cm³/mol. The molecule has 2 aromatic heterocycles. The summed E-state index contributed by atoms with van der Waals surface area (Å²) in [6.45, 7) is 5.99. The summed E-state index contributed by atoms with van der Waals surface area (Å²) in [6.07, 6.45) is 3.40. The third kappa shape index (κ3) is 3.87. The lowest BCUT2D eigenvalue weighted by molar-refractivity contribution is 0.277. The Morgan fingerprint density at radius 2 is 1.62 bits per heavy atom. The highest BCUT2D eigenvalue weighted by atomic mass is 32.1. The lowest BCUT2D eigenvalue weighted by Gasteiger charge is -2.08. The number of aliphatic hydroxyl groups excluding tert-OH is 1. The fourth-order valence-electron chi connectivity index (χ4n) is 2.38. The maximum Gasteiger partial charge on any atom is 0.227 e. The maximum atomic E-state index is 9.20. The minimum atomic E-state index is -0.0563. The molecule has 3 rings (SSSR count). The summed E-state index contributed by atoms with van der Waals surface area (Å²) < 4.78 is 0. The van der Waals surface area contributed by atoms with E-state index < -0.39 is 0 Å². The Labute approximate surface area is 144 Å². The van der Waals surface area contributed by atoms with Gasteiger partial charge in [0.1, 0.15) is 0 Å². The van der Waals surface area contributed by atoms with Crippen LogP contribution in [0.1, 0.15) is 21.7 Å². The molecular weight excluding hydrogens is 322 g/mol. The summed E-state index contributed by atoms with van der Waals surface area (Å²) in [5, 5.41) is 16.3. The van der Waals surface area contributed by atoms with Gasteiger partial charge in [0.05, 0.1) is 30.4 Å². The molecule has 3 N–H and O–H groups in total. The number of rotatable bonds is 5. The number of benzene rings is 1. The molecule has 6 nitrogen and oxygen atoms in total. The van der Waals surface area contributed by atoms with Crippen molar-refractivity contribution in [1.82, 2.24) is 15.0 Å². The molecule has 0 unspecified atom stereocenters. The summed E-state index contributed by atoms with van der Waals surface area (Å²) >= 11 is 1.49. The van der Waals surface area contributed by atoms with Crippen LogP contribution in [0.3, 0.4) is 0 Å². The van der Waals surface area contributed by atoms with Gasteiger partial charge in [-0.25, -0.2) is 15.0 Å². The molecule has 1 aromatic carbocycles. The molecule has 0 aliphatic carbocycles. The Morgan fingerprint density at radius 1 is 0.958 bits per heavy atom. The Hall–Kier alpha value is -2.51. The lowest BCUT2D eigenvalue weighted by atomic mass is 10.1. The van der Waals surface area contributed by atoms with E-state index in [2.05, 4.69) is 57.6 Å². The van der Waals surface area contributed by atoms with Gasteiger partial charge in [-0.05, 0) is 44.0 Å². The predicted octanol–water partition coefficient (Wildman–Crippen LogP) is 3.84. The number of anilines is 4. The van der Waals surface area contributed by atoms with Gasteiger partial charge in [0.2, 0.25) is 5.95 Å². The Kier molecular flexibility index (Phi) is 4.73. The zero-order valence-electron chi connectivity index (χ0n) is 13.8. The monoisotopic (exact) mass is 341 g/mol. The fourth-order valence-corrected chi connectivity index (χ4v) is 3.23. The number of nitrogens with one attached hydrogen (secondary N) is 2.